The lowest BCUT2D eigenvalue weighted by atomic mass is 9.97. The number of rotatable bonds is 7. The van der Waals surface area contributed by atoms with E-state index in [2.05, 4.69) is 5.32 Å². The van der Waals surface area contributed by atoms with Crippen LogP contribution in [-0.4, -0.2) is 56.0 Å². The topological polar surface area (TPSA) is 79.0 Å². The molecule has 0 bridgehead atoms. The molecule has 0 spiro atoms. The van der Waals surface area contributed by atoms with Gasteiger partial charge in [-0.1, -0.05) is 18.2 Å². The zero-order valence-electron chi connectivity index (χ0n) is 18.0. The standard InChI is InChI=1S/C24H29N3O4/c1-3-31-24(30)19-13-15-27(16-14-19)17-22(28)25-20-11-9-18(10-12-20)23(29)26(2)21-7-5-4-6-8-21/h4-12,19H,3,13-17H2,1-2H3,(H,25,28). The average molecular weight is 424 g/mol. The van der Waals surface area contributed by atoms with E-state index in [1.807, 2.05) is 35.2 Å². The van der Waals surface area contributed by atoms with Gasteiger partial charge in [-0.25, -0.2) is 0 Å². The Labute approximate surface area is 183 Å². The van der Waals surface area contributed by atoms with E-state index in [-0.39, 0.29) is 30.2 Å². The molecule has 2 aromatic carbocycles. The van der Waals surface area contributed by atoms with Crippen molar-refractivity contribution in [1.82, 2.24) is 4.90 Å². The molecule has 0 unspecified atom stereocenters. The van der Waals surface area contributed by atoms with Gasteiger partial charge in [0, 0.05) is 24.0 Å². The van der Waals surface area contributed by atoms with Crippen molar-refractivity contribution in [2.45, 2.75) is 19.8 Å². The van der Waals surface area contributed by atoms with Crippen molar-refractivity contribution in [2.75, 3.05) is 43.5 Å². The van der Waals surface area contributed by atoms with Crippen LogP contribution >= 0.6 is 0 Å². The number of carbonyl (C=O) groups is 3. The number of piperidine rings is 1. The van der Waals surface area contributed by atoms with Crippen LogP contribution in [0.2, 0.25) is 0 Å². The lowest BCUT2D eigenvalue weighted by Gasteiger charge is -2.30. The van der Waals surface area contributed by atoms with Crippen LogP contribution in [-0.2, 0) is 14.3 Å². The number of para-hydroxylation sites is 1. The third-order valence-corrected chi connectivity index (χ3v) is 5.44. The molecule has 1 aliphatic heterocycles. The van der Waals surface area contributed by atoms with Gasteiger partial charge in [0.15, 0.2) is 0 Å². The fourth-order valence-corrected chi connectivity index (χ4v) is 3.65. The molecule has 7 heteroatoms. The summed E-state index contributed by atoms with van der Waals surface area (Å²) in [6.45, 7) is 3.86. The fraction of sp³-hybridized carbons (Fsp3) is 0.375. The highest BCUT2D eigenvalue weighted by molar-refractivity contribution is 6.06. The Hall–Kier alpha value is -3.19. The number of esters is 1. The summed E-state index contributed by atoms with van der Waals surface area (Å²) in [5.74, 6) is -0.443. The molecule has 31 heavy (non-hydrogen) atoms. The second-order valence-corrected chi connectivity index (χ2v) is 7.63. The maximum atomic E-state index is 12.7. The van der Waals surface area contributed by atoms with Gasteiger partial charge in [-0.3, -0.25) is 19.3 Å². The number of carbonyl (C=O) groups excluding carboxylic acids is 3. The molecule has 0 saturated carbocycles. The summed E-state index contributed by atoms with van der Waals surface area (Å²) in [5.41, 5.74) is 2.01. The first-order valence-corrected chi connectivity index (χ1v) is 10.6. The first kappa shape index (κ1) is 22.5. The highest BCUT2D eigenvalue weighted by atomic mass is 16.5. The molecule has 0 radical (unpaired) electrons. The maximum Gasteiger partial charge on any atom is 0.309 e. The highest BCUT2D eigenvalue weighted by Gasteiger charge is 2.26. The Morgan fingerprint density at radius 2 is 1.68 bits per heavy atom. The number of nitrogens with zero attached hydrogens (tertiary/aromatic N) is 2. The van der Waals surface area contributed by atoms with Crippen LogP contribution in [0.25, 0.3) is 0 Å². The van der Waals surface area contributed by atoms with Crippen LogP contribution in [0.15, 0.2) is 54.6 Å². The number of nitrogens with one attached hydrogen (secondary N) is 1. The minimum Gasteiger partial charge on any atom is -0.466 e. The van der Waals surface area contributed by atoms with E-state index in [1.54, 1.807) is 43.1 Å². The molecule has 1 aliphatic rings. The van der Waals surface area contributed by atoms with E-state index < -0.39 is 0 Å². The number of anilines is 2. The molecule has 164 valence electrons. The summed E-state index contributed by atoms with van der Waals surface area (Å²) in [6, 6.07) is 16.3. The number of ether oxygens (including phenoxy) is 1. The monoisotopic (exact) mass is 423 g/mol. The van der Waals surface area contributed by atoms with Gasteiger partial charge in [0.2, 0.25) is 5.91 Å². The van der Waals surface area contributed by atoms with Crippen molar-refractivity contribution in [3.05, 3.63) is 60.2 Å². The highest BCUT2D eigenvalue weighted by Crippen LogP contribution is 2.19. The lowest BCUT2D eigenvalue weighted by molar-refractivity contribution is -0.149. The predicted octanol–water partition coefficient (Wildman–Crippen LogP) is 3.18. The zero-order valence-corrected chi connectivity index (χ0v) is 18.0. The number of benzene rings is 2. The number of hydrogen-bond donors (Lipinski definition) is 1. The number of hydrogen-bond acceptors (Lipinski definition) is 5. The summed E-state index contributed by atoms with van der Waals surface area (Å²) in [4.78, 5) is 40.5. The van der Waals surface area contributed by atoms with Gasteiger partial charge < -0.3 is 15.0 Å². The quantitative estimate of drug-likeness (QED) is 0.692. The SMILES string of the molecule is CCOC(=O)C1CCN(CC(=O)Nc2ccc(C(=O)N(C)c3ccccc3)cc2)CC1. The Balaban J connectivity index is 1.48. The summed E-state index contributed by atoms with van der Waals surface area (Å²) < 4.78 is 5.08. The normalized spacial score (nSPS) is 14.6. The van der Waals surface area contributed by atoms with Crippen molar-refractivity contribution >= 4 is 29.2 Å². The molecular weight excluding hydrogens is 394 g/mol. The van der Waals surface area contributed by atoms with Crippen molar-refractivity contribution in [3.8, 4) is 0 Å². The minimum absolute atomic E-state index is 0.0710. The summed E-state index contributed by atoms with van der Waals surface area (Å²) in [7, 11) is 1.73. The van der Waals surface area contributed by atoms with Crippen molar-refractivity contribution in [2.24, 2.45) is 5.92 Å². The van der Waals surface area contributed by atoms with Crippen molar-refractivity contribution in [1.29, 1.82) is 0 Å². The molecule has 1 heterocycles. The van der Waals surface area contributed by atoms with E-state index in [4.69, 9.17) is 4.74 Å². The summed E-state index contributed by atoms with van der Waals surface area (Å²) >= 11 is 0. The predicted molar refractivity (Wildman–Crippen MR) is 120 cm³/mol. The fourth-order valence-electron chi connectivity index (χ4n) is 3.65. The van der Waals surface area contributed by atoms with Gasteiger partial charge in [-0.2, -0.15) is 0 Å². The van der Waals surface area contributed by atoms with Gasteiger partial charge in [-0.05, 0) is 69.3 Å². The van der Waals surface area contributed by atoms with Crippen LogP contribution < -0.4 is 10.2 Å². The van der Waals surface area contributed by atoms with Crippen molar-refractivity contribution < 1.29 is 19.1 Å². The molecule has 3 rings (SSSR count). The molecule has 1 saturated heterocycles. The molecule has 7 nitrogen and oxygen atoms in total. The van der Waals surface area contributed by atoms with Crippen LogP contribution in [0.5, 0.6) is 0 Å². The first-order chi connectivity index (χ1) is 15.0. The van der Waals surface area contributed by atoms with Crippen molar-refractivity contribution in [3.63, 3.8) is 0 Å². The number of amides is 2. The summed E-state index contributed by atoms with van der Waals surface area (Å²) in [5, 5.41) is 2.87. The molecule has 1 N–H and O–H groups in total. The molecule has 0 atom stereocenters. The maximum absolute atomic E-state index is 12.7. The second-order valence-electron chi connectivity index (χ2n) is 7.63. The van der Waals surface area contributed by atoms with E-state index in [1.165, 1.54) is 0 Å². The Morgan fingerprint density at radius 3 is 2.29 bits per heavy atom. The largest absolute Gasteiger partial charge is 0.466 e. The number of likely N-dealkylation sites (tertiary alicyclic amines) is 1. The van der Waals surface area contributed by atoms with E-state index in [0.29, 0.717) is 43.8 Å². The van der Waals surface area contributed by atoms with Crippen LogP contribution in [0.4, 0.5) is 11.4 Å². The second kappa shape index (κ2) is 10.7. The van der Waals surface area contributed by atoms with E-state index in [9.17, 15) is 14.4 Å². The van der Waals surface area contributed by atoms with Gasteiger partial charge in [0.05, 0.1) is 19.1 Å². The van der Waals surface area contributed by atoms with Crippen LogP contribution in [0, 0.1) is 5.92 Å². The smallest absolute Gasteiger partial charge is 0.309 e. The third-order valence-electron chi connectivity index (χ3n) is 5.44. The molecular formula is C24H29N3O4. The molecule has 2 aromatic rings. The summed E-state index contributed by atoms with van der Waals surface area (Å²) in [6.07, 6.45) is 1.41. The zero-order chi connectivity index (χ0) is 22.2. The molecule has 2 amide bonds. The van der Waals surface area contributed by atoms with Gasteiger partial charge in [0.1, 0.15) is 0 Å². The van der Waals surface area contributed by atoms with E-state index in [0.717, 1.165) is 5.69 Å². The molecule has 0 aliphatic carbocycles. The Bertz CT molecular complexity index is 891. The first-order valence-electron chi connectivity index (χ1n) is 10.6. The van der Waals surface area contributed by atoms with Crippen LogP contribution in [0.1, 0.15) is 30.1 Å². The molecule has 0 aromatic heterocycles. The van der Waals surface area contributed by atoms with Gasteiger partial charge in [-0.15, -0.1) is 0 Å². The van der Waals surface area contributed by atoms with Gasteiger partial charge in [0.25, 0.3) is 5.91 Å². The lowest BCUT2D eigenvalue weighted by Crippen LogP contribution is -2.41. The van der Waals surface area contributed by atoms with E-state index >= 15 is 0 Å². The third kappa shape index (κ3) is 6.15. The Morgan fingerprint density at radius 1 is 1.03 bits per heavy atom. The average Bonchev–Trinajstić information content (AvgIpc) is 2.80. The molecule has 1 fully saturated rings. The van der Waals surface area contributed by atoms with Crippen LogP contribution in [0.3, 0.4) is 0 Å². The Kier molecular flexibility index (Phi) is 7.78. The van der Waals surface area contributed by atoms with Gasteiger partial charge >= 0.3 is 5.97 Å². The minimum atomic E-state index is -0.140.